The number of sulfonamides is 1. The van der Waals surface area contributed by atoms with E-state index in [-0.39, 0.29) is 17.3 Å². The minimum absolute atomic E-state index is 0.102. The summed E-state index contributed by atoms with van der Waals surface area (Å²) in [6.45, 7) is 1.91. The van der Waals surface area contributed by atoms with E-state index >= 15 is 0 Å². The molecule has 0 spiro atoms. The van der Waals surface area contributed by atoms with Gasteiger partial charge in [-0.25, -0.2) is 13.1 Å². The Labute approximate surface area is 150 Å². The van der Waals surface area contributed by atoms with Gasteiger partial charge in [-0.2, -0.15) is 4.98 Å². The van der Waals surface area contributed by atoms with Crippen LogP contribution in [-0.4, -0.2) is 18.6 Å². The first-order valence-corrected chi connectivity index (χ1v) is 9.52. The zero-order valence-corrected chi connectivity index (χ0v) is 15.0. The van der Waals surface area contributed by atoms with Crippen molar-refractivity contribution < 1.29 is 12.9 Å². The molecule has 1 heterocycles. The van der Waals surface area contributed by atoms with Gasteiger partial charge in [0.15, 0.2) is 0 Å². The molecule has 0 aliphatic rings. The number of rotatable bonds is 6. The van der Waals surface area contributed by atoms with Gasteiger partial charge in [-0.15, -0.1) is 0 Å². The van der Waals surface area contributed by atoms with Crippen molar-refractivity contribution in [3.05, 3.63) is 65.0 Å². The van der Waals surface area contributed by atoms with Crippen LogP contribution in [0, 0.1) is 0 Å². The minimum atomic E-state index is -3.65. The third kappa shape index (κ3) is 4.07. The highest BCUT2D eigenvalue weighted by molar-refractivity contribution is 7.89. The first-order chi connectivity index (χ1) is 12.0. The Hall–Kier alpha value is -2.22. The van der Waals surface area contributed by atoms with Gasteiger partial charge < -0.3 is 4.52 Å². The lowest BCUT2D eigenvalue weighted by Crippen LogP contribution is -2.23. The molecule has 0 fully saturated rings. The van der Waals surface area contributed by atoms with E-state index in [1.165, 1.54) is 0 Å². The number of aromatic nitrogens is 2. The summed E-state index contributed by atoms with van der Waals surface area (Å²) in [5.41, 5.74) is 1.69. The lowest BCUT2D eigenvalue weighted by Gasteiger charge is -2.05. The van der Waals surface area contributed by atoms with Crippen molar-refractivity contribution >= 4 is 21.6 Å². The van der Waals surface area contributed by atoms with Gasteiger partial charge >= 0.3 is 0 Å². The lowest BCUT2D eigenvalue weighted by molar-refractivity contribution is 0.376. The third-order valence-electron chi connectivity index (χ3n) is 3.64. The van der Waals surface area contributed by atoms with Gasteiger partial charge in [0, 0.05) is 5.56 Å². The lowest BCUT2D eigenvalue weighted by atomic mass is 10.2. The molecule has 0 aliphatic heterocycles. The SMILES string of the molecule is CCc1ccc(S(=O)(=O)NCc2nc(-c3ccccc3Cl)no2)cc1. The van der Waals surface area contributed by atoms with E-state index in [2.05, 4.69) is 14.9 Å². The number of hydrogen-bond donors (Lipinski definition) is 1. The first kappa shape index (κ1) is 17.6. The average Bonchev–Trinajstić information content (AvgIpc) is 3.09. The van der Waals surface area contributed by atoms with Crippen LogP contribution in [0.1, 0.15) is 18.4 Å². The number of aryl methyl sites for hydroxylation is 1. The summed E-state index contributed by atoms with van der Waals surface area (Å²) in [7, 11) is -3.65. The van der Waals surface area contributed by atoms with Gasteiger partial charge in [0.2, 0.25) is 21.7 Å². The molecule has 2 aromatic carbocycles. The molecule has 130 valence electrons. The second kappa shape index (κ2) is 7.35. The van der Waals surface area contributed by atoms with Gasteiger partial charge in [-0.1, -0.05) is 47.9 Å². The summed E-state index contributed by atoms with van der Waals surface area (Å²) < 4.78 is 32.2. The van der Waals surface area contributed by atoms with Gasteiger partial charge in [0.25, 0.3) is 0 Å². The molecular formula is C17H16ClN3O3S. The topological polar surface area (TPSA) is 85.1 Å². The molecule has 6 nitrogen and oxygen atoms in total. The van der Waals surface area contributed by atoms with Crippen molar-refractivity contribution in [3.8, 4) is 11.4 Å². The molecule has 0 bridgehead atoms. The van der Waals surface area contributed by atoms with E-state index in [0.717, 1.165) is 12.0 Å². The third-order valence-corrected chi connectivity index (χ3v) is 5.38. The monoisotopic (exact) mass is 377 g/mol. The number of hydrogen-bond acceptors (Lipinski definition) is 5. The van der Waals surface area contributed by atoms with Gasteiger partial charge in [-0.05, 0) is 36.2 Å². The first-order valence-electron chi connectivity index (χ1n) is 7.65. The van der Waals surface area contributed by atoms with E-state index in [1.807, 2.05) is 6.92 Å². The number of nitrogens with one attached hydrogen (secondary N) is 1. The molecule has 0 atom stereocenters. The van der Waals surface area contributed by atoms with Crippen molar-refractivity contribution in [3.63, 3.8) is 0 Å². The largest absolute Gasteiger partial charge is 0.338 e. The zero-order valence-electron chi connectivity index (χ0n) is 13.4. The van der Waals surface area contributed by atoms with Crippen LogP contribution in [0.3, 0.4) is 0 Å². The molecule has 3 rings (SSSR count). The summed E-state index contributed by atoms with van der Waals surface area (Å²) in [5.74, 6) is 0.468. The van der Waals surface area contributed by atoms with Crippen LogP contribution in [0.2, 0.25) is 5.02 Å². The molecule has 0 saturated carbocycles. The average molecular weight is 378 g/mol. The fraction of sp³-hybridized carbons (Fsp3) is 0.176. The van der Waals surface area contributed by atoms with E-state index in [9.17, 15) is 8.42 Å². The Bertz CT molecular complexity index is 969. The van der Waals surface area contributed by atoms with Crippen LogP contribution in [0.5, 0.6) is 0 Å². The summed E-state index contributed by atoms with van der Waals surface area (Å²) in [4.78, 5) is 4.37. The fourth-order valence-electron chi connectivity index (χ4n) is 2.22. The van der Waals surface area contributed by atoms with Crippen LogP contribution in [0.4, 0.5) is 0 Å². The quantitative estimate of drug-likeness (QED) is 0.711. The van der Waals surface area contributed by atoms with Gasteiger partial charge in [-0.3, -0.25) is 0 Å². The molecule has 1 aromatic heterocycles. The molecule has 0 amide bonds. The van der Waals surface area contributed by atoms with Crippen LogP contribution in [-0.2, 0) is 23.0 Å². The van der Waals surface area contributed by atoms with Crippen molar-refractivity contribution in [2.45, 2.75) is 24.8 Å². The molecule has 0 aliphatic carbocycles. The smallest absolute Gasteiger partial charge is 0.242 e. The highest BCUT2D eigenvalue weighted by atomic mass is 35.5. The van der Waals surface area contributed by atoms with Gasteiger partial charge in [0.1, 0.15) is 0 Å². The van der Waals surface area contributed by atoms with E-state index in [1.54, 1.807) is 48.5 Å². The molecular weight excluding hydrogens is 362 g/mol. The maximum atomic E-state index is 12.3. The van der Waals surface area contributed by atoms with Crippen LogP contribution < -0.4 is 4.72 Å². The molecule has 8 heteroatoms. The minimum Gasteiger partial charge on any atom is -0.338 e. The van der Waals surface area contributed by atoms with Crippen LogP contribution >= 0.6 is 11.6 Å². The van der Waals surface area contributed by atoms with Crippen LogP contribution in [0.25, 0.3) is 11.4 Å². The van der Waals surface area contributed by atoms with E-state index in [4.69, 9.17) is 16.1 Å². The Morgan fingerprint density at radius 1 is 1.12 bits per heavy atom. The van der Waals surface area contributed by atoms with Crippen molar-refractivity contribution in [1.29, 1.82) is 0 Å². The molecule has 0 unspecified atom stereocenters. The molecule has 1 N–H and O–H groups in total. The van der Waals surface area contributed by atoms with Gasteiger partial charge in [0.05, 0.1) is 16.5 Å². The summed E-state index contributed by atoms with van der Waals surface area (Å²) >= 11 is 6.09. The highest BCUT2D eigenvalue weighted by Gasteiger charge is 2.17. The second-order valence-electron chi connectivity index (χ2n) is 5.31. The Kier molecular flexibility index (Phi) is 5.17. The van der Waals surface area contributed by atoms with Crippen molar-refractivity contribution in [2.75, 3.05) is 0 Å². The predicted octanol–water partition coefficient (Wildman–Crippen LogP) is 3.43. The summed E-state index contributed by atoms with van der Waals surface area (Å²) in [6, 6.07) is 13.8. The maximum Gasteiger partial charge on any atom is 0.242 e. The molecule has 0 radical (unpaired) electrons. The normalized spacial score (nSPS) is 11.6. The fourth-order valence-corrected chi connectivity index (χ4v) is 3.42. The highest BCUT2D eigenvalue weighted by Crippen LogP contribution is 2.24. The Balaban J connectivity index is 1.72. The van der Waals surface area contributed by atoms with E-state index in [0.29, 0.717) is 16.4 Å². The molecule has 3 aromatic rings. The van der Waals surface area contributed by atoms with Crippen molar-refractivity contribution in [1.82, 2.24) is 14.9 Å². The van der Waals surface area contributed by atoms with Crippen molar-refractivity contribution in [2.24, 2.45) is 0 Å². The standard InChI is InChI=1S/C17H16ClN3O3S/c1-2-12-7-9-13(10-8-12)25(22,23)19-11-16-20-17(21-24-16)14-5-3-4-6-15(14)18/h3-10,19H,2,11H2,1H3. The second-order valence-corrected chi connectivity index (χ2v) is 7.49. The Morgan fingerprint density at radius 2 is 1.84 bits per heavy atom. The number of benzene rings is 2. The maximum absolute atomic E-state index is 12.3. The predicted molar refractivity (Wildman–Crippen MR) is 94.6 cm³/mol. The summed E-state index contributed by atoms with van der Waals surface area (Å²) in [5, 5.41) is 4.33. The Morgan fingerprint density at radius 3 is 2.52 bits per heavy atom. The number of halogens is 1. The molecule has 0 saturated heterocycles. The van der Waals surface area contributed by atoms with E-state index < -0.39 is 10.0 Å². The van der Waals surface area contributed by atoms with Crippen LogP contribution in [0.15, 0.2) is 57.9 Å². The summed E-state index contributed by atoms with van der Waals surface area (Å²) in [6.07, 6.45) is 0.848. The molecule has 25 heavy (non-hydrogen) atoms. The number of nitrogens with zero attached hydrogens (tertiary/aromatic N) is 2. The zero-order chi connectivity index (χ0) is 17.9.